The molecule has 0 radical (unpaired) electrons. The summed E-state index contributed by atoms with van der Waals surface area (Å²) in [6.07, 6.45) is 2.22. The van der Waals surface area contributed by atoms with Gasteiger partial charge in [-0.3, -0.25) is 0 Å². The molecule has 0 aromatic heterocycles. The van der Waals surface area contributed by atoms with Crippen LogP contribution < -0.4 is 5.32 Å². The maximum Gasteiger partial charge on any atom is 0.228 e. The molecule has 13 heavy (non-hydrogen) atoms. The summed E-state index contributed by atoms with van der Waals surface area (Å²) in [6.45, 7) is 1.59. The van der Waals surface area contributed by atoms with E-state index in [9.17, 15) is 8.42 Å². The third kappa shape index (κ3) is 1.47. The lowest BCUT2D eigenvalue weighted by Crippen LogP contribution is -2.23. The first-order valence-electron chi connectivity index (χ1n) is 4.01. The van der Waals surface area contributed by atoms with Crippen molar-refractivity contribution in [2.24, 2.45) is 10.9 Å². The Hall–Kier alpha value is -0.200. The molecular formula is C7H9BrN2O2S. The summed E-state index contributed by atoms with van der Waals surface area (Å²) in [7, 11) is -3.26. The Kier molecular flexibility index (Phi) is 2.29. The largest absolute Gasteiger partial charge is 0.316 e. The van der Waals surface area contributed by atoms with Crippen LogP contribution in [-0.2, 0) is 9.84 Å². The SMILES string of the molecule is O=S1(=O)C(Br)=CN=C1C1CCNC1. The van der Waals surface area contributed by atoms with Crippen LogP contribution in [0.5, 0.6) is 0 Å². The molecule has 0 aliphatic carbocycles. The fraction of sp³-hybridized carbons (Fsp3) is 0.571. The summed E-state index contributed by atoms with van der Waals surface area (Å²) in [5.74, 6) is 0.0521. The van der Waals surface area contributed by atoms with Crippen LogP contribution in [0.4, 0.5) is 0 Å². The molecule has 0 spiro atoms. The Morgan fingerprint density at radius 1 is 1.62 bits per heavy atom. The van der Waals surface area contributed by atoms with Gasteiger partial charge < -0.3 is 5.32 Å². The molecule has 2 heterocycles. The van der Waals surface area contributed by atoms with E-state index in [0.717, 1.165) is 13.0 Å². The lowest BCUT2D eigenvalue weighted by Gasteiger charge is -2.07. The Labute approximate surface area is 85.2 Å². The highest BCUT2D eigenvalue weighted by atomic mass is 79.9. The van der Waals surface area contributed by atoms with Gasteiger partial charge in [0.15, 0.2) is 0 Å². The van der Waals surface area contributed by atoms with E-state index in [2.05, 4.69) is 26.2 Å². The summed E-state index contributed by atoms with van der Waals surface area (Å²) >= 11 is 2.99. The van der Waals surface area contributed by atoms with Gasteiger partial charge in [0.05, 0.1) is 6.20 Å². The number of nitrogens with zero attached hydrogens (tertiary/aromatic N) is 1. The number of aliphatic imine (C=N–C) groups is 1. The summed E-state index contributed by atoms with van der Waals surface area (Å²) in [6, 6.07) is 0. The van der Waals surface area contributed by atoms with E-state index >= 15 is 0 Å². The number of nitrogens with one attached hydrogen (secondary N) is 1. The Bertz CT molecular complexity index is 379. The second kappa shape index (κ2) is 3.18. The zero-order chi connectivity index (χ0) is 9.47. The lowest BCUT2D eigenvalue weighted by atomic mass is 10.1. The molecule has 0 aromatic carbocycles. The van der Waals surface area contributed by atoms with E-state index in [1.807, 2.05) is 0 Å². The summed E-state index contributed by atoms with van der Waals surface area (Å²) < 4.78 is 23.4. The summed E-state index contributed by atoms with van der Waals surface area (Å²) in [5.41, 5.74) is 0. The van der Waals surface area contributed by atoms with E-state index in [4.69, 9.17) is 0 Å². The first-order valence-corrected chi connectivity index (χ1v) is 6.29. The van der Waals surface area contributed by atoms with Gasteiger partial charge in [0.1, 0.15) is 8.86 Å². The van der Waals surface area contributed by atoms with Crippen LogP contribution in [-0.4, -0.2) is 26.6 Å². The average Bonchev–Trinajstić information content (AvgIpc) is 2.62. The molecule has 2 aliphatic rings. The van der Waals surface area contributed by atoms with Crippen LogP contribution >= 0.6 is 15.9 Å². The maximum atomic E-state index is 11.6. The zero-order valence-corrected chi connectivity index (χ0v) is 9.23. The van der Waals surface area contributed by atoms with Crippen molar-refractivity contribution in [3.63, 3.8) is 0 Å². The summed E-state index contributed by atoms with van der Waals surface area (Å²) in [5, 5.41) is 3.43. The molecule has 1 atom stereocenters. The smallest absolute Gasteiger partial charge is 0.228 e. The number of rotatable bonds is 1. The molecule has 1 unspecified atom stereocenters. The Morgan fingerprint density at radius 3 is 2.85 bits per heavy atom. The molecule has 0 saturated carbocycles. The molecule has 2 aliphatic heterocycles. The second-order valence-corrected chi connectivity index (χ2v) is 6.34. The highest BCUT2D eigenvalue weighted by molar-refractivity contribution is 9.14. The predicted octanol–water partition coefficient (Wildman–Crippen LogP) is 0.617. The normalized spacial score (nSPS) is 31.6. The molecule has 0 bridgehead atoms. The van der Waals surface area contributed by atoms with Crippen LogP contribution in [0.2, 0.25) is 0 Å². The molecule has 72 valence electrons. The van der Waals surface area contributed by atoms with Crippen molar-refractivity contribution in [2.45, 2.75) is 6.42 Å². The van der Waals surface area contributed by atoms with Crippen molar-refractivity contribution < 1.29 is 8.42 Å². The standard InChI is InChI=1S/C7H9BrN2O2S/c8-6-4-10-7(13(6,11)12)5-1-2-9-3-5/h4-5,9H,1-3H2. The molecule has 0 aromatic rings. The minimum Gasteiger partial charge on any atom is -0.316 e. The highest BCUT2D eigenvalue weighted by Gasteiger charge is 2.35. The van der Waals surface area contributed by atoms with Crippen molar-refractivity contribution in [1.82, 2.24) is 5.32 Å². The first kappa shape index (κ1) is 9.36. The molecule has 6 heteroatoms. The van der Waals surface area contributed by atoms with E-state index in [0.29, 0.717) is 11.6 Å². The topological polar surface area (TPSA) is 58.5 Å². The predicted molar refractivity (Wildman–Crippen MR) is 54.3 cm³/mol. The summed E-state index contributed by atoms with van der Waals surface area (Å²) in [4.78, 5) is 3.93. The fourth-order valence-electron chi connectivity index (χ4n) is 1.54. The molecule has 0 amide bonds. The van der Waals surface area contributed by atoms with Gasteiger partial charge in [-0.25, -0.2) is 13.4 Å². The van der Waals surface area contributed by atoms with Gasteiger partial charge in [0.2, 0.25) is 9.84 Å². The molecule has 1 N–H and O–H groups in total. The van der Waals surface area contributed by atoms with Gasteiger partial charge in [-0.05, 0) is 28.9 Å². The van der Waals surface area contributed by atoms with E-state index in [1.165, 1.54) is 6.20 Å². The molecule has 1 saturated heterocycles. The van der Waals surface area contributed by atoms with Crippen molar-refractivity contribution in [2.75, 3.05) is 13.1 Å². The van der Waals surface area contributed by atoms with Gasteiger partial charge in [-0.2, -0.15) is 0 Å². The molecular weight excluding hydrogens is 256 g/mol. The van der Waals surface area contributed by atoms with Gasteiger partial charge in [0, 0.05) is 12.5 Å². The van der Waals surface area contributed by atoms with Gasteiger partial charge >= 0.3 is 0 Å². The number of hydrogen-bond acceptors (Lipinski definition) is 4. The zero-order valence-electron chi connectivity index (χ0n) is 6.83. The van der Waals surface area contributed by atoms with Crippen molar-refractivity contribution in [3.05, 3.63) is 10.0 Å². The van der Waals surface area contributed by atoms with Gasteiger partial charge in [-0.1, -0.05) is 0 Å². The van der Waals surface area contributed by atoms with E-state index in [-0.39, 0.29) is 9.73 Å². The van der Waals surface area contributed by atoms with Crippen molar-refractivity contribution >= 4 is 30.8 Å². The van der Waals surface area contributed by atoms with Crippen LogP contribution in [0, 0.1) is 5.92 Å². The lowest BCUT2D eigenvalue weighted by molar-refractivity contribution is 0.612. The number of halogens is 1. The van der Waals surface area contributed by atoms with Gasteiger partial charge in [0.25, 0.3) is 0 Å². The fourth-order valence-corrected chi connectivity index (χ4v) is 3.37. The average molecular weight is 265 g/mol. The Morgan fingerprint density at radius 2 is 2.38 bits per heavy atom. The van der Waals surface area contributed by atoms with E-state index < -0.39 is 9.84 Å². The second-order valence-electron chi connectivity index (χ2n) is 3.09. The number of sulfone groups is 1. The van der Waals surface area contributed by atoms with Crippen molar-refractivity contribution in [1.29, 1.82) is 0 Å². The minimum atomic E-state index is -3.26. The van der Waals surface area contributed by atoms with Crippen LogP contribution in [0.25, 0.3) is 0 Å². The number of hydrogen-bond donors (Lipinski definition) is 1. The highest BCUT2D eigenvalue weighted by Crippen LogP contribution is 2.28. The van der Waals surface area contributed by atoms with Crippen LogP contribution in [0.1, 0.15) is 6.42 Å². The van der Waals surface area contributed by atoms with Crippen molar-refractivity contribution in [3.8, 4) is 0 Å². The minimum absolute atomic E-state index is 0.0521. The van der Waals surface area contributed by atoms with Crippen LogP contribution in [0.15, 0.2) is 15.0 Å². The van der Waals surface area contributed by atoms with Gasteiger partial charge in [-0.15, -0.1) is 0 Å². The molecule has 4 nitrogen and oxygen atoms in total. The monoisotopic (exact) mass is 264 g/mol. The van der Waals surface area contributed by atoms with E-state index in [1.54, 1.807) is 0 Å². The molecule has 1 fully saturated rings. The first-order chi connectivity index (χ1) is 6.12. The maximum absolute atomic E-state index is 11.6. The van der Waals surface area contributed by atoms with Crippen LogP contribution in [0.3, 0.4) is 0 Å². The quantitative estimate of drug-likeness (QED) is 0.756. The molecule has 2 rings (SSSR count). The Balaban J connectivity index is 2.29. The third-order valence-electron chi connectivity index (χ3n) is 2.23. The third-order valence-corrected chi connectivity index (χ3v) is 5.33.